The van der Waals surface area contributed by atoms with Gasteiger partial charge in [-0.3, -0.25) is 5.70 Å². The van der Waals surface area contributed by atoms with E-state index in [2.05, 4.69) is 58.8 Å². The van der Waals surface area contributed by atoms with Gasteiger partial charge in [-0.2, -0.15) is 6.21 Å². The standard InChI is InChI=1S/C12H21N.Y/c1-8-10(12(5,6)7)13-9-11(2,3)4;/h1-7H3;/q-2;. The van der Waals surface area contributed by atoms with Crippen LogP contribution in [0.25, 0.3) is 0 Å². The maximum atomic E-state index is 4.34. The van der Waals surface area contributed by atoms with Gasteiger partial charge in [0.25, 0.3) is 0 Å². The van der Waals surface area contributed by atoms with Gasteiger partial charge in [0.05, 0.1) is 0 Å². The van der Waals surface area contributed by atoms with Crippen LogP contribution in [-0.4, -0.2) is 6.21 Å². The zero-order chi connectivity index (χ0) is 10.7. The molecular weight excluding hydrogens is 247 g/mol. The summed E-state index contributed by atoms with van der Waals surface area (Å²) < 4.78 is 0. The maximum Gasteiger partial charge on any atom is 0 e. The second-order valence-electron chi connectivity index (χ2n) is 5.32. The van der Waals surface area contributed by atoms with Crippen molar-refractivity contribution in [1.82, 2.24) is 0 Å². The third-order valence-electron chi connectivity index (χ3n) is 1.45. The number of nitrogens with zero attached hydrogens (tertiary/aromatic N) is 1. The van der Waals surface area contributed by atoms with E-state index in [4.69, 9.17) is 0 Å². The molecule has 0 atom stereocenters. The van der Waals surface area contributed by atoms with E-state index in [9.17, 15) is 0 Å². The summed E-state index contributed by atoms with van der Waals surface area (Å²) in [6.07, 6.45) is 6.21. The Bertz CT molecular complexity index is 213. The van der Waals surface area contributed by atoms with Crippen LogP contribution >= 0.6 is 0 Å². The Morgan fingerprint density at radius 2 is 1.43 bits per heavy atom. The van der Waals surface area contributed by atoms with Gasteiger partial charge in [0, 0.05) is 32.7 Å². The minimum atomic E-state index is 0. The van der Waals surface area contributed by atoms with E-state index >= 15 is 0 Å². The molecule has 0 saturated heterocycles. The molecule has 14 heavy (non-hydrogen) atoms. The van der Waals surface area contributed by atoms with Crippen molar-refractivity contribution >= 4 is 6.21 Å². The van der Waals surface area contributed by atoms with E-state index in [-0.39, 0.29) is 43.5 Å². The molecule has 0 aliphatic heterocycles. The van der Waals surface area contributed by atoms with Gasteiger partial charge in [0.2, 0.25) is 0 Å². The molecule has 0 saturated carbocycles. The Balaban J connectivity index is 0. The molecule has 0 aromatic heterocycles. The summed E-state index contributed by atoms with van der Waals surface area (Å²) >= 11 is 0. The summed E-state index contributed by atoms with van der Waals surface area (Å²) in [5, 5.41) is 0. The molecule has 0 aromatic rings. The second-order valence-corrected chi connectivity index (χ2v) is 5.32. The molecule has 1 nitrogen and oxygen atoms in total. The molecular formula is C12H21NY-2. The first-order chi connectivity index (χ1) is 5.67. The normalized spacial score (nSPS) is 14.4. The number of aliphatic imine (C=N–C) groups is 1. The van der Waals surface area contributed by atoms with Crippen molar-refractivity contribution in [3.63, 3.8) is 0 Å². The van der Waals surface area contributed by atoms with Gasteiger partial charge >= 0.3 is 0 Å². The zero-order valence-corrected chi connectivity index (χ0v) is 13.4. The molecule has 0 aliphatic rings. The quantitative estimate of drug-likeness (QED) is 0.507. The summed E-state index contributed by atoms with van der Waals surface area (Å²) in [7, 11) is 0. The Morgan fingerprint density at radius 1 is 1.00 bits per heavy atom. The second kappa shape index (κ2) is 6.17. The van der Waals surface area contributed by atoms with Gasteiger partial charge in [0.1, 0.15) is 0 Å². The number of rotatable bonds is 1. The fourth-order valence-electron chi connectivity index (χ4n) is 0.822. The first-order valence-corrected chi connectivity index (χ1v) is 4.70. The van der Waals surface area contributed by atoms with Gasteiger partial charge < -0.3 is 11.1 Å². The van der Waals surface area contributed by atoms with E-state index in [1.807, 2.05) is 6.92 Å². The van der Waals surface area contributed by atoms with Crippen LogP contribution in [0.5, 0.6) is 0 Å². The van der Waals surface area contributed by atoms with Crippen molar-refractivity contribution in [2.75, 3.05) is 0 Å². The van der Waals surface area contributed by atoms with Crippen LogP contribution in [0.2, 0.25) is 0 Å². The van der Waals surface area contributed by atoms with Crippen LogP contribution in [0, 0.1) is 16.9 Å². The van der Waals surface area contributed by atoms with Crippen molar-refractivity contribution in [2.24, 2.45) is 15.8 Å². The molecule has 0 heterocycles. The molecule has 0 aliphatic carbocycles. The van der Waals surface area contributed by atoms with Crippen LogP contribution in [0.15, 0.2) is 10.7 Å². The smallest absolute Gasteiger partial charge is 0 e. The fourth-order valence-corrected chi connectivity index (χ4v) is 0.822. The minimum absolute atomic E-state index is 0. The van der Waals surface area contributed by atoms with Crippen molar-refractivity contribution < 1.29 is 32.7 Å². The van der Waals surface area contributed by atoms with E-state index in [1.54, 1.807) is 0 Å². The molecule has 2 heteroatoms. The van der Waals surface area contributed by atoms with Crippen LogP contribution in [0.3, 0.4) is 0 Å². The zero-order valence-electron chi connectivity index (χ0n) is 10.5. The maximum absolute atomic E-state index is 4.34. The number of hydrogen-bond donors (Lipinski definition) is 0. The number of allylic oxidation sites excluding steroid dienone is 2. The predicted molar refractivity (Wildman–Crippen MR) is 58.8 cm³/mol. The van der Waals surface area contributed by atoms with Crippen LogP contribution < -0.4 is 0 Å². The van der Waals surface area contributed by atoms with E-state index in [1.165, 1.54) is 0 Å². The van der Waals surface area contributed by atoms with Crippen molar-refractivity contribution in [2.45, 2.75) is 48.5 Å². The van der Waals surface area contributed by atoms with Gasteiger partial charge in [0.15, 0.2) is 0 Å². The van der Waals surface area contributed by atoms with Gasteiger partial charge in [-0.1, -0.05) is 52.4 Å². The topological polar surface area (TPSA) is 12.4 Å². The van der Waals surface area contributed by atoms with Gasteiger partial charge in [-0.05, 0) is 0 Å². The third kappa shape index (κ3) is 7.88. The van der Waals surface area contributed by atoms with Crippen LogP contribution in [-0.2, 0) is 32.7 Å². The predicted octanol–water partition coefficient (Wildman–Crippen LogP) is 3.73. The Labute approximate surface area is 114 Å². The average Bonchev–Trinajstić information content (AvgIpc) is 1.82. The molecule has 0 unspecified atom stereocenters. The summed E-state index contributed by atoms with van der Waals surface area (Å²) in [4.78, 5) is 4.34. The molecule has 0 spiro atoms. The van der Waals surface area contributed by atoms with Crippen molar-refractivity contribution in [3.05, 3.63) is 11.8 Å². The van der Waals surface area contributed by atoms with E-state index in [0.717, 1.165) is 5.70 Å². The molecule has 0 rings (SSSR count). The first kappa shape index (κ1) is 16.9. The summed E-state index contributed by atoms with van der Waals surface area (Å²) in [5.74, 6) is 0. The Hall–Kier alpha value is 0.514. The Kier molecular flexibility index (Phi) is 7.46. The first-order valence-electron chi connectivity index (χ1n) is 4.70. The van der Waals surface area contributed by atoms with E-state index < -0.39 is 0 Å². The summed E-state index contributed by atoms with van der Waals surface area (Å²) in [6.45, 7) is 14.6. The van der Waals surface area contributed by atoms with Crippen molar-refractivity contribution in [3.8, 4) is 0 Å². The third-order valence-corrected chi connectivity index (χ3v) is 1.45. The molecule has 0 N–H and O–H groups in total. The van der Waals surface area contributed by atoms with Gasteiger partial charge in [-0.15, -0.1) is 0 Å². The SMILES string of the molecule is C[C-]=C(N=[C-]C(C)(C)C)C(C)(C)C.[Y]. The Morgan fingerprint density at radius 3 is 1.64 bits per heavy atom. The molecule has 0 fully saturated rings. The molecule has 0 amide bonds. The van der Waals surface area contributed by atoms with Crippen LogP contribution in [0.4, 0.5) is 0 Å². The van der Waals surface area contributed by atoms with Crippen LogP contribution in [0.1, 0.15) is 48.5 Å². The molecule has 1 radical (unpaired) electrons. The largest absolute Gasteiger partial charge is 0.583 e. The summed E-state index contributed by atoms with van der Waals surface area (Å²) in [5.41, 5.74) is 1.06. The molecule has 0 bridgehead atoms. The molecule has 0 aromatic carbocycles. The monoisotopic (exact) mass is 268 g/mol. The summed E-state index contributed by atoms with van der Waals surface area (Å²) in [6, 6.07) is 0. The minimum Gasteiger partial charge on any atom is -0.583 e. The van der Waals surface area contributed by atoms with Gasteiger partial charge in [-0.25, -0.2) is 6.92 Å². The number of hydrogen-bond acceptors (Lipinski definition) is 1. The van der Waals surface area contributed by atoms with Crippen molar-refractivity contribution in [1.29, 1.82) is 0 Å². The molecule has 79 valence electrons. The average molecular weight is 268 g/mol. The fraction of sp³-hybridized carbons (Fsp3) is 0.750. The van der Waals surface area contributed by atoms with E-state index in [0.29, 0.717) is 0 Å².